The lowest BCUT2D eigenvalue weighted by molar-refractivity contribution is -0.113. The van der Waals surface area contributed by atoms with E-state index in [0.717, 1.165) is 34.3 Å². The van der Waals surface area contributed by atoms with Gasteiger partial charge in [-0.3, -0.25) is 4.79 Å². The van der Waals surface area contributed by atoms with Gasteiger partial charge in [0.25, 0.3) is 0 Å². The van der Waals surface area contributed by atoms with E-state index in [1.807, 2.05) is 48.5 Å². The SMILES string of the molecule is O=C(CSc1nnc(NCc2ccco2)s1)Nc1cc(C2CC2)nn1-c1ccccc1. The zero-order valence-corrected chi connectivity index (χ0v) is 18.2. The molecule has 1 aliphatic rings. The normalized spacial score (nSPS) is 13.3. The number of aromatic nitrogens is 4. The topological polar surface area (TPSA) is 97.9 Å². The highest BCUT2D eigenvalue weighted by molar-refractivity contribution is 8.01. The first-order valence-electron chi connectivity index (χ1n) is 9.92. The summed E-state index contributed by atoms with van der Waals surface area (Å²) in [6, 6.07) is 15.6. The minimum Gasteiger partial charge on any atom is -0.467 e. The van der Waals surface area contributed by atoms with E-state index in [9.17, 15) is 4.79 Å². The minimum absolute atomic E-state index is 0.107. The molecule has 8 nitrogen and oxygen atoms in total. The summed E-state index contributed by atoms with van der Waals surface area (Å²) in [6.07, 6.45) is 3.94. The number of anilines is 2. The summed E-state index contributed by atoms with van der Waals surface area (Å²) in [6.45, 7) is 0.541. The van der Waals surface area contributed by atoms with E-state index in [1.54, 1.807) is 10.9 Å². The largest absolute Gasteiger partial charge is 0.467 e. The molecule has 10 heteroatoms. The van der Waals surface area contributed by atoms with Crippen molar-refractivity contribution in [2.24, 2.45) is 0 Å². The van der Waals surface area contributed by atoms with Crippen LogP contribution in [0.15, 0.2) is 63.6 Å². The molecule has 1 aromatic carbocycles. The lowest BCUT2D eigenvalue weighted by atomic mass is 10.3. The Balaban J connectivity index is 1.19. The van der Waals surface area contributed by atoms with Crippen molar-refractivity contribution in [1.82, 2.24) is 20.0 Å². The number of thioether (sulfide) groups is 1. The number of nitrogens with one attached hydrogen (secondary N) is 2. The van der Waals surface area contributed by atoms with Gasteiger partial charge in [-0.2, -0.15) is 5.10 Å². The van der Waals surface area contributed by atoms with Crippen LogP contribution in [0.25, 0.3) is 5.69 Å². The van der Waals surface area contributed by atoms with Crippen molar-refractivity contribution in [3.63, 3.8) is 0 Å². The number of benzene rings is 1. The fraction of sp³-hybridized carbons (Fsp3) is 0.238. The summed E-state index contributed by atoms with van der Waals surface area (Å²) in [5.74, 6) is 2.15. The van der Waals surface area contributed by atoms with E-state index in [-0.39, 0.29) is 11.7 Å². The Labute approximate surface area is 187 Å². The molecule has 2 N–H and O–H groups in total. The Morgan fingerprint density at radius 2 is 2.06 bits per heavy atom. The van der Waals surface area contributed by atoms with Crippen LogP contribution in [0.3, 0.4) is 0 Å². The molecule has 0 radical (unpaired) electrons. The molecule has 1 fully saturated rings. The Bertz CT molecular complexity index is 1150. The van der Waals surface area contributed by atoms with E-state index in [1.165, 1.54) is 23.1 Å². The third-order valence-corrected chi connectivity index (χ3v) is 6.73. The van der Waals surface area contributed by atoms with Gasteiger partial charge < -0.3 is 15.1 Å². The number of nitrogens with zero attached hydrogens (tertiary/aromatic N) is 4. The number of hydrogen-bond donors (Lipinski definition) is 2. The first-order valence-corrected chi connectivity index (χ1v) is 11.7. The smallest absolute Gasteiger partial charge is 0.235 e. The molecular formula is C21H20N6O2S2. The van der Waals surface area contributed by atoms with Crippen LogP contribution >= 0.6 is 23.1 Å². The minimum atomic E-state index is -0.107. The standard InChI is InChI=1S/C21H20N6O2S2/c28-19(13-30-21-25-24-20(31-21)22-12-16-7-4-10-29-16)23-18-11-17(14-8-9-14)26-27(18)15-5-2-1-3-6-15/h1-7,10-11,14H,8-9,12-13H2,(H,22,24)(H,23,28). The fourth-order valence-electron chi connectivity index (χ4n) is 3.05. The van der Waals surface area contributed by atoms with Gasteiger partial charge in [0.1, 0.15) is 11.6 Å². The number of rotatable bonds is 9. The Hall–Kier alpha value is -3.11. The molecule has 5 rings (SSSR count). The van der Waals surface area contributed by atoms with Crippen molar-refractivity contribution in [1.29, 1.82) is 0 Å². The van der Waals surface area contributed by atoms with Gasteiger partial charge in [0.15, 0.2) is 4.34 Å². The molecule has 0 atom stereocenters. The zero-order valence-electron chi connectivity index (χ0n) is 16.5. The zero-order chi connectivity index (χ0) is 21.0. The van der Waals surface area contributed by atoms with E-state index >= 15 is 0 Å². The molecule has 1 aliphatic carbocycles. The summed E-state index contributed by atoms with van der Waals surface area (Å²) >= 11 is 2.77. The molecule has 3 heterocycles. The van der Waals surface area contributed by atoms with Crippen molar-refractivity contribution in [2.75, 3.05) is 16.4 Å². The van der Waals surface area contributed by atoms with E-state index < -0.39 is 0 Å². The summed E-state index contributed by atoms with van der Waals surface area (Å²) in [7, 11) is 0. The van der Waals surface area contributed by atoms with Gasteiger partial charge in [-0.15, -0.1) is 10.2 Å². The number of carbonyl (C=O) groups excluding carboxylic acids is 1. The maximum Gasteiger partial charge on any atom is 0.235 e. The fourth-order valence-corrected chi connectivity index (χ4v) is 4.60. The van der Waals surface area contributed by atoms with E-state index in [0.29, 0.717) is 23.4 Å². The molecular weight excluding hydrogens is 432 g/mol. The molecule has 0 saturated heterocycles. The van der Waals surface area contributed by atoms with Gasteiger partial charge in [-0.1, -0.05) is 41.3 Å². The highest BCUT2D eigenvalue weighted by atomic mass is 32.2. The molecule has 1 amide bonds. The number of carbonyl (C=O) groups is 1. The molecule has 0 unspecified atom stereocenters. The van der Waals surface area contributed by atoms with Gasteiger partial charge in [-0.25, -0.2) is 4.68 Å². The summed E-state index contributed by atoms with van der Waals surface area (Å²) in [5, 5.41) is 19.8. The second-order valence-electron chi connectivity index (χ2n) is 7.12. The predicted molar refractivity (Wildman–Crippen MR) is 121 cm³/mol. The quantitative estimate of drug-likeness (QED) is 0.360. The summed E-state index contributed by atoms with van der Waals surface area (Å²) in [5.41, 5.74) is 1.96. The number of amides is 1. The van der Waals surface area contributed by atoms with Crippen molar-refractivity contribution in [2.45, 2.75) is 29.6 Å². The highest BCUT2D eigenvalue weighted by Crippen LogP contribution is 2.40. The van der Waals surface area contributed by atoms with Crippen LogP contribution < -0.4 is 10.6 Å². The number of furan rings is 1. The number of para-hydroxylation sites is 1. The molecule has 158 valence electrons. The van der Waals surface area contributed by atoms with E-state index in [2.05, 4.69) is 20.8 Å². The van der Waals surface area contributed by atoms with Gasteiger partial charge in [0.05, 0.1) is 29.9 Å². The van der Waals surface area contributed by atoms with E-state index in [4.69, 9.17) is 9.52 Å². The van der Waals surface area contributed by atoms with Crippen LogP contribution in [-0.2, 0) is 11.3 Å². The monoisotopic (exact) mass is 452 g/mol. The van der Waals surface area contributed by atoms with Crippen LogP contribution in [0.5, 0.6) is 0 Å². The Kier molecular flexibility index (Phi) is 5.72. The highest BCUT2D eigenvalue weighted by Gasteiger charge is 2.28. The summed E-state index contributed by atoms with van der Waals surface area (Å²) < 4.78 is 7.82. The van der Waals surface area contributed by atoms with Gasteiger partial charge in [-0.05, 0) is 37.1 Å². The van der Waals surface area contributed by atoms with Crippen molar-refractivity contribution < 1.29 is 9.21 Å². The molecule has 4 aromatic rings. The molecule has 0 spiro atoms. The Morgan fingerprint density at radius 3 is 2.84 bits per heavy atom. The maximum absolute atomic E-state index is 12.6. The molecule has 1 saturated carbocycles. The second kappa shape index (κ2) is 8.94. The van der Waals surface area contributed by atoms with Crippen molar-refractivity contribution >= 4 is 40.0 Å². The van der Waals surface area contributed by atoms with Crippen LogP contribution in [0, 0.1) is 0 Å². The van der Waals surface area contributed by atoms with Crippen LogP contribution in [-0.4, -0.2) is 31.6 Å². The lowest BCUT2D eigenvalue weighted by Crippen LogP contribution is -2.16. The van der Waals surface area contributed by atoms with Crippen LogP contribution in [0.1, 0.15) is 30.2 Å². The molecule has 0 aliphatic heterocycles. The molecule has 3 aromatic heterocycles. The van der Waals surface area contributed by atoms with Crippen molar-refractivity contribution in [3.05, 3.63) is 66.2 Å². The van der Waals surface area contributed by atoms with Crippen LogP contribution in [0.4, 0.5) is 10.9 Å². The molecule has 31 heavy (non-hydrogen) atoms. The van der Waals surface area contributed by atoms with Crippen LogP contribution in [0.2, 0.25) is 0 Å². The predicted octanol–water partition coefficient (Wildman–Crippen LogP) is 4.54. The third-order valence-electron chi connectivity index (χ3n) is 4.72. The summed E-state index contributed by atoms with van der Waals surface area (Å²) in [4.78, 5) is 12.6. The maximum atomic E-state index is 12.6. The first kappa shape index (κ1) is 19.8. The molecule has 0 bridgehead atoms. The first-order chi connectivity index (χ1) is 15.2. The lowest BCUT2D eigenvalue weighted by Gasteiger charge is -2.08. The third kappa shape index (κ3) is 4.97. The van der Waals surface area contributed by atoms with Gasteiger partial charge in [0.2, 0.25) is 11.0 Å². The number of hydrogen-bond acceptors (Lipinski definition) is 8. The van der Waals surface area contributed by atoms with Crippen molar-refractivity contribution in [3.8, 4) is 5.69 Å². The second-order valence-corrected chi connectivity index (χ2v) is 9.32. The van der Waals surface area contributed by atoms with Gasteiger partial charge in [0, 0.05) is 12.0 Å². The average Bonchev–Trinajstić information content (AvgIpc) is 3.18. The van der Waals surface area contributed by atoms with Gasteiger partial charge >= 0.3 is 0 Å². The Morgan fingerprint density at radius 1 is 1.19 bits per heavy atom. The average molecular weight is 453 g/mol.